The summed E-state index contributed by atoms with van der Waals surface area (Å²) in [4.78, 5) is 15.8. The Morgan fingerprint density at radius 3 is 2.38 bits per heavy atom. The highest BCUT2D eigenvalue weighted by Gasteiger charge is 2.42. The monoisotopic (exact) mass is 548 g/mol. The van der Waals surface area contributed by atoms with Crippen LogP contribution in [-0.4, -0.2) is 46.8 Å². The number of carbonyl (C=O) groups excluding carboxylic acids is 1. The second kappa shape index (κ2) is 13.9. The minimum absolute atomic E-state index is 0.113. The van der Waals surface area contributed by atoms with Gasteiger partial charge >= 0.3 is 5.97 Å². The number of para-hydroxylation sites is 1. The Bertz CT molecular complexity index is 1010. The number of nitrogens with one attached hydrogen (secondary N) is 1. The van der Waals surface area contributed by atoms with Crippen molar-refractivity contribution in [3.63, 3.8) is 0 Å². The standard InChI is InChI=1S/C29H44N2O4S2/c1-5-8-15-29(16-9-6-2)21-31(24-13-11-10-12-14-24)25-18-26(36-4)23(17-27(25)37(33,34)22-29)19-30-20-28(32)35-7-3/h10-14,17-18,30,33-34H,5-9,15-16,19-22H2,1-4H3. The highest BCUT2D eigenvalue weighted by atomic mass is 32.3. The van der Waals surface area contributed by atoms with Crippen molar-refractivity contribution >= 4 is 39.7 Å². The van der Waals surface area contributed by atoms with Crippen LogP contribution in [0.15, 0.2) is 52.3 Å². The first-order valence-corrected chi connectivity index (χ1v) is 16.4. The summed E-state index contributed by atoms with van der Waals surface area (Å²) in [5.41, 5.74) is 2.71. The zero-order valence-corrected chi connectivity index (χ0v) is 24.4. The second-order valence-electron chi connectivity index (χ2n) is 9.98. The quantitative estimate of drug-likeness (QED) is 0.175. The van der Waals surface area contributed by atoms with Crippen molar-refractivity contribution in [3.8, 4) is 0 Å². The number of thioether (sulfide) groups is 1. The summed E-state index contributed by atoms with van der Waals surface area (Å²) in [6.45, 7) is 7.86. The largest absolute Gasteiger partial charge is 0.465 e. The molecule has 2 aromatic carbocycles. The van der Waals surface area contributed by atoms with Gasteiger partial charge in [0.1, 0.15) is 0 Å². The van der Waals surface area contributed by atoms with Crippen LogP contribution in [0.3, 0.4) is 0 Å². The van der Waals surface area contributed by atoms with E-state index in [2.05, 4.69) is 42.3 Å². The number of unbranched alkanes of at least 4 members (excludes halogenated alkanes) is 2. The normalized spacial score (nSPS) is 17.1. The summed E-state index contributed by atoms with van der Waals surface area (Å²) >= 11 is 1.63. The van der Waals surface area contributed by atoms with Gasteiger partial charge < -0.3 is 15.0 Å². The van der Waals surface area contributed by atoms with E-state index in [0.717, 1.165) is 66.9 Å². The first-order valence-electron chi connectivity index (χ1n) is 13.4. The number of carbonyl (C=O) groups is 1. The molecule has 6 nitrogen and oxygen atoms in total. The highest BCUT2D eigenvalue weighted by molar-refractivity contribution is 8.24. The lowest BCUT2D eigenvalue weighted by Gasteiger charge is -2.42. The molecule has 206 valence electrons. The van der Waals surface area contributed by atoms with Crippen LogP contribution < -0.4 is 10.2 Å². The van der Waals surface area contributed by atoms with E-state index >= 15 is 0 Å². The minimum Gasteiger partial charge on any atom is -0.465 e. The Hall–Kier alpha value is -1.71. The molecule has 1 aliphatic rings. The molecule has 0 unspecified atom stereocenters. The van der Waals surface area contributed by atoms with Gasteiger partial charge in [-0.15, -0.1) is 11.8 Å². The molecule has 3 rings (SSSR count). The van der Waals surface area contributed by atoms with E-state index in [-0.39, 0.29) is 17.9 Å². The number of hydrogen-bond donors (Lipinski definition) is 3. The first kappa shape index (κ1) is 29.8. The van der Waals surface area contributed by atoms with Gasteiger partial charge in [0.15, 0.2) is 0 Å². The molecular weight excluding hydrogens is 504 g/mol. The number of benzene rings is 2. The molecule has 0 atom stereocenters. The summed E-state index contributed by atoms with van der Waals surface area (Å²) < 4.78 is 28.6. The van der Waals surface area contributed by atoms with Crippen LogP contribution in [0.4, 0.5) is 11.4 Å². The molecule has 8 heteroatoms. The van der Waals surface area contributed by atoms with Crippen molar-refractivity contribution in [2.45, 2.75) is 75.6 Å². The number of rotatable bonds is 13. The van der Waals surface area contributed by atoms with Crippen LogP contribution in [-0.2, 0) is 16.1 Å². The van der Waals surface area contributed by atoms with Crippen molar-refractivity contribution < 1.29 is 18.6 Å². The Morgan fingerprint density at radius 2 is 1.78 bits per heavy atom. The molecule has 1 heterocycles. The van der Waals surface area contributed by atoms with Crippen LogP contribution in [0, 0.1) is 5.41 Å². The molecule has 1 aliphatic heterocycles. The Labute approximate surface area is 228 Å². The van der Waals surface area contributed by atoms with Gasteiger partial charge in [0, 0.05) is 34.8 Å². The zero-order valence-electron chi connectivity index (χ0n) is 22.8. The third-order valence-electron chi connectivity index (χ3n) is 7.09. The van der Waals surface area contributed by atoms with E-state index in [1.165, 1.54) is 0 Å². The van der Waals surface area contributed by atoms with E-state index in [0.29, 0.717) is 23.8 Å². The topological polar surface area (TPSA) is 82.0 Å². The van der Waals surface area contributed by atoms with E-state index in [1.54, 1.807) is 18.7 Å². The van der Waals surface area contributed by atoms with Gasteiger partial charge in [0.05, 0.1) is 23.7 Å². The average molecular weight is 549 g/mol. The van der Waals surface area contributed by atoms with Gasteiger partial charge in [-0.2, -0.15) is 10.6 Å². The number of esters is 1. The first-order chi connectivity index (χ1) is 17.8. The zero-order chi connectivity index (χ0) is 26.9. The molecule has 0 bridgehead atoms. The van der Waals surface area contributed by atoms with Gasteiger partial charge in [-0.1, -0.05) is 57.7 Å². The third-order valence-corrected chi connectivity index (χ3v) is 9.95. The van der Waals surface area contributed by atoms with Crippen LogP contribution in [0.2, 0.25) is 0 Å². The molecular formula is C29H44N2O4S2. The Morgan fingerprint density at radius 1 is 1.11 bits per heavy atom. The van der Waals surface area contributed by atoms with Crippen LogP contribution >= 0.6 is 22.4 Å². The summed E-state index contributed by atoms with van der Waals surface area (Å²) in [6.07, 6.45) is 8.27. The van der Waals surface area contributed by atoms with Gasteiger partial charge in [-0.05, 0) is 55.9 Å². The molecule has 0 radical (unpaired) electrons. The molecule has 0 saturated carbocycles. The van der Waals surface area contributed by atoms with Gasteiger partial charge in [0.2, 0.25) is 0 Å². The molecule has 0 fully saturated rings. The molecule has 0 aliphatic carbocycles. The van der Waals surface area contributed by atoms with Crippen molar-refractivity contribution in [2.24, 2.45) is 5.41 Å². The lowest BCUT2D eigenvalue weighted by Crippen LogP contribution is -2.37. The number of hydrogen-bond acceptors (Lipinski definition) is 7. The molecule has 0 aromatic heterocycles. The van der Waals surface area contributed by atoms with E-state index in [1.807, 2.05) is 30.5 Å². The maximum Gasteiger partial charge on any atom is 0.319 e. The van der Waals surface area contributed by atoms with Crippen molar-refractivity contribution in [3.05, 3.63) is 48.0 Å². The van der Waals surface area contributed by atoms with Crippen LogP contribution in [0.1, 0.15) is 64.9 Å². The molecule has 37 heavy (non-hydrogen) atoms. The van der Waals surface area contributed by atoms with E-state index in [4.69, 9.17) is 4.74 Å². The number of fused-ring (bicyclic) bond motifs is 1. The highest BCUT2D eigenvalue weighted by Crippen LogP contribution is 2.61. The van der Waals surface area contributed by atoms with Crippen LogP contribution in [0.5, 0.6) is 0 Å². The van der Waals surface area contributed by atoms with Gasteiger partial charge in [-0.3, -0.25) is 13.9 Å². The Balaban J connectivity index is 2.10. The summed E-state index contributed by atoms with van der Waals surface area (Å²) in [5.74, 6) is 0.0871. The average Bonchev–Trinajstić information content (AvgIpc) is 2.98. The van der Waals surface area contributed by atoms with Gasteiger partial charge in [-0.25, -0.2) is 0 Å². The van der Waals surface area contributed by atoms with Crippen molar-refractivity contribution in [1.82, 2.24) is 5.32 Å². The van der Waals surface area contributed by atoms with E-state index in [9.17, 15) is 13.9 Å². The van der Waals surface area contributed by atoms with Gasteiger partial charge in [0.25, 0.3) is 0 Å². The fourth-order valence-electron chi connectivity index (χ4n) is 5.24. The predicted molar refractivity (Wildman–Crippen MR) is 157 cm³/mol. The Kier molecular flexibility index (Phi) is 11.2. The van der Waals surface area contributed by atoms with Crippen molar-refractivity contribution in [1.29, 1.82) is 0 Å². The lowest BCUT2D eigenvalue weighted by molar-refractivity contribution is -0.142. The molecule has 0 saturated heterocycles. The molecule has 3 N–H and O–H groups in total. The predicted octanol–water partition coefficient (Wildman–Crippen LogP) is 7.69. The summed E-state index contributed by atoms with van der Waals surface area (Å²) in [5, 5.41) is 3.17. The lowest BCUT2D eigenvalue weighted by atomic mass is 9.79. The third kappa shape index (κ3) is 7.67. The smallest absolute Gasteiger partial charge is 0.319 e. The fraction of sp³-hybridized carbons (Fsp3) is 0.552. The molecule has 0 amide bonds. The number of nitrogens with zero attached hydrogens (tertiary/aromatic N) is 1. The molecule has 2 aromatic rings. The number of ether oxygens (including phenoxy) is 1. The van der Waals surface area contributed by atoms with Crippen molar-refractivity contribution in [2.75, 3.05) is 36.6 Å². The van der Waals surface area contributed by atoms with E-state index < -0.39 is 10.6 Å². The fourth-order valence-corrected chi connectivity index (χ4v) is 8.09. The second-order valence-corrected chi connectivity index (χ2v) is 12.9. The van der Waals surface area contributed by atoms with Crippen LogP contribution in [0.25, 0.3) is 0 Å². The SMILES string of the molecule is CCCCC1(CCCC)CN(c2ccccc2)c2cc(SC)c(CNCC(=O)OCC)cc2S(O)(O)C1. The summed E-state index contributed by atoms with van der Waals surface area (Å²) in [6, 6.07) is 14.4. The summed E-state index contributed by atoms with van der Waals surface area (Å²) in [7, 11) is -3.06. The maximum atomic E-state index is 11.8. The minimum atomic E-state index is -3.06. The maximum absolute atomic E-state index is 11.8. The number of anilines is 2. The molecule has 0 spiro atoms.